The molecule has 0 aromatic rings. The van der Waals surface area contributed by atoms with Crippen LogP contribution in [0.1, 0.15) is 0 Å². The van der Waals surface area contributed by atoms with E-state index in [-0.39, 0.29) is 59.1 Å². The molecule has 0 bridgehead atoms. The van der Waals surface area contributed by atoms with Gasteiger partial charge in [-0.05, 0) is 0 Å². The molecule has 0 amide bonds. The molecule has 0 rings (SSSR count). The van der Waals surface area contributed by atoms with E-state index in [0.29, 0.717) is 24.7 Å². The standard InChI is InChI=1S/Al.Ce.O.Zr.3H. The van der Waals surface area contributed by atoms with Gasteiger partial charge in [0, 0.05) is 41.7 Å². The minimum absolute atomic E-state index is 0. The van der Waals surface area contributed by atoms with Gasteiger partial charge in [-0.15, -0.1) is 0 Å². The van der Waals surface area contributed by atoms with E-state index in [1.54, 1.807) is 0 Å². The van der Waals surface area contributed by atoms with Gasteiger partial charge in [0.1, 0.15) is 0 Å². The van der Waals surface area contributed by atoms with Gasteiger partial charge in [-0.3, -0.25) is 0 Å². The van der Waals surface area contributed by atoms with Gasteiger partial charge in [0.2, 0.25) is 0 Å². The van der Waals surface area contributed by atoms with E-state index in [9.17, 15) is 0 Å². The normalized spacial score (nSPS) is 0.750. The number of hydrogen-bond acceptors (Lipinski definition) is 1. The molecule has 0 atom stereocenters. The number of rotatable bonds is 0. The molecule has 0 unspecified atom stereocenters. The fourth-order valence-corrected chi connectivity index (χ4v) is 0. The Morgan fingerprint density at radius 1 is 1.25 bits per heavy atom. The molecular formula is H3AlCeOZr. The van der Waals surface area contributed by atoms with Gasteiger partial charge in [-0.1, -0.05) is 0 Å². The van der Waals surface area contributed by atoms with Crippen LogP contribution < -0.4 is 0 Å². The van der Waals surface area contributed by atoms with Crippen LogP contribution in [0.2, 0.25) is 0 Å². The Morgan fingerprint density at radius 3 is 1.25 bits per heavy atom. The number of hydrogen-bond donors (Lipinski definition) is 0. The van der Waals surface area contributed by atoms with Crippen molar-refractivity contribution in [3.05, 3.63) is 0 Å². The van der Waals surface area contributed by atoms with Gasteiger partial charge >= 0.3 is 27.5 Å². The van der Waals surface area contributed by atoms with E-state index in [1.807, 2.05) is 0 Å². The second-order valence-electron chi connectivity index (χ2n) is 0. The zero-order valence-electron chi connectivity index (χ0n) is 1.41. The van der Waals surface area contributed by atoms with Gasteiger partial charge in [0.25, 0.3) is 0 Å². The predicted molar refractivity (Wildman–Crippen MR) is 10.6 cm³/mol. The van der Waals surface area contributed by atoms with Crippen LogP contribution in [0.4, 0.5) is 0 Å². The van der Waals surface area contributed by atoms with Crippen LogP contribution in [0.5, 0.6) is 0 Å². The van der Waals surface area contributed by atoms with E-state index in [1.165, 1.54) is 0 Å². The Hall–Kier alpha value is 2.59. The molecule has 0 aliphatic rings. The van der Waals surface area contributed by atoms with Gasteiger partial charge in [-0.2, -0.15) is 0 Å². The Morgan fingerprint density at radius 2 is 1.25 bits per heavy atom. The maximum absolute atomic E-state index is 8.34. The average molecular weight is 277 g/mol. The van der Waals surface area contributed by atoms with Gasteiger partial charge in [0.15, 0.2) is 17.4 Å². The molecule has 0 saturated heterocycles. The summed E-state index contributed by atoms with van der Waals surface area (Å²) in [5, 5.41) is 0. The molecule has 20 valence electrons. The Balaban J connectivity index is -0.00000000500. The van der Waals surface area contributed by atoms with E-state index >= 15 is 0 Å². The maximum atomic E-state index is 8.34. The van der Waals surface area contributed by atoms with Crippen molar-refractivity contribution in [2.45, 2.75) is 0 Å². The summed E-state index contributed by atoms with van der Waals surface area (Å²) in [4.78, 5) is 0. The molecule has 0 aromatic heterocycles. The molecule has 0 fully saturated rings. The van der Waals surface area contributed by atoms with Crippen molar-refractivity contribution in [2.24, 2.45) is 0 Å². The third-order valence-corrected chi connectivity index (χ3v) is 0. The summed E-state index contributed by atoms with van der Waals surface area (Å²) in [6.07, 6.45) is 0. The molecule has 0 saturated carbocycles. The summed E-state index contributed by atoms with van der Waals surface area (Å²) in [7, 11) is 0. The first-order valence-corrected chi connectivity index (χ1v) is 1.21. The fraction of sp³-hybridized carbons (Fsp3) is 0. The van der Waals surface area contributed by atoms with Gasteiger partial charge in [-0.25, -0.2) is 0 Å². The van der Waals surface area contributed by atoms with Crippen LogP contribution in [0.3, 0.4) is 0 Å². The van der Waals surface area contributed by atoms with Gasteiger partial charge in [0.05, 0.1) is 0 Å². The van der Waals surface area contributed by atoms with Crippen molar-refractivity contribution in [1.29, 1.82) is 0 Å². The van der Waals surface area contributed by atoms with Crippen LogP contribution >= 0.6 is 0 Å². The monoisotopic (exact) mass is 276 g/mol. The SMILES string of the molecule is [AlH3].[Ce].[O]=[Zr]. The van der Waals surface area contributed by atoms with Crippen LogP contribution in [-0.4, -0.2) is 17.4 Å². The minimum atomic E-state index is 0. The van der Waals surface area contributed by atoms with E-state index in [0.717, 1.165) is 0 Å². The summed E-state index contributed by atoms with van der Waals surface area (Å²) in [5.74, 6) is 0. The van der Waals surface area contributed by atoms with Crippen molar-refractivity contribution in [2.75, 3.05) is 0 Å². The summed E-state index contributed by atoms with van der Waals surface area (Å²) >= 11 is 0.300. The fourth-order valence-electron chi connectivity index (χ4n) is 0. The molecule has 0 radical (unpaired) electrons. The second kappa shape index (κ2) is 17.6. The average Bonchev–Trinajstić information content (AvgIpc) is 1.00. The summed E-state index contributed by atoms with van der Waals surface area (Å²) in [5.41, 5.74) is 0. The third-order valence-electron chi connectivity index (χ3n) is 0. The zero-order chi connectivity index (χ0) is 2.00. The molecule has 0 aliphatic heterocycles. The first kappa shape index (κ1) is 16.0. The molecule has 4 heteroatoms. The summed E-state index contributed by atoms with van der Waals surface area (Å²) in [6.45, 7) is 0. The Kier molecular flexibility index (Phi) is 70.1. The Bertz CT molecular complexity index is 8.00. The first-order chi connectivity index (χ1) is 1.00. The van der Waals surface area contributed by atoms with Crippen LogP contribution in [-0.2, 0) is 27.5 Å². The second-order valence-corrected chi connectivity index (χ2v) is 0. The molecule has 0 spiro atoms. The molecule has 0 aliphatic carbocycles. The molecular weight excluding hydrogens is 274 g/mol. The van der Waals surface area contributed by atoms with Crippen LogP contribution in [0.25, 0.3) is 0 Å². The zero-order valence-corrected chi connectivity index (χ0v) is 7.01. The molecule has 0 N–H and O–H groups in total. The van der Waals surface area contributed by atoms with E-state index in [4.69, 9.17) is 2.81 Å². The molecule has 0 aromatic carbocycles. The first-order valence-electron chi connectivity index (χ1n) is 0.204. The van der Waals surface area contributed by atoms with Crippen molar-refractivity contribution in [3.63, 3.8) is 0 Å². The predicted octanol–water partition coefficient (Wildman–Crippen LogP) is -1.31. The van der Waals surface area contributed by atoms with Crippen LogP contribution in [0, 0.1) is 41.7 Å². The quantitative estimate of drug-likeness (QED) is 0.503. The topological polar surface area (TPSA) is 17.1 Å². The van der Waals surface area contributed by atoms with Crippen molar-refractivity contribution in [3.8, 4) is 0 Å². The summed E-state index contributed by atoms with van der Waals surface area (Å²) < 4.78 is 8.34. The molecule has 0 heterocycles. The Labute approximate surface area is 84.7 Å². The summed E-state index contributed by atoms with van der Waals surface area (Å²) in [6, 6.07) is 0. The molecule has 1 nitrogen and oxygen atoms in total. The van der Waals surface area contributed by atoms with Crippen molar-refractivity contribution in [1.82, 2.24) is 0 Å². The van der Waals surface area contributed by atoms with Crippen molar-refractivity contribution < 1.29 is 69.3 Å². The van der Waals surface area contributed by atoms with Gasteiger partial charge < -0.3 is 0 Å². The van der Waals surface area contributed by atoms with E-state index < -0.39 is 0 Å². The van der Waals surface area contributed by atoms with E-state index in [2.05, 4.69) is 0 Å². The molecule has 4 heavy (non-hydrogen) atoms. The third kappa shape index (κ3) is 8.82. The van der Waals surface area contributed by atoms with Crippen LogP contribution in [0.15, 0.2) is 0 Å². The van der Waals surface area contributed by atoms with Crippen molar-refractivity contribution >= 4 is 17.4 Å².